The quantitative estimate of drug-likeness (QED) is 0.188. The van der Waals surface area contributed by atoms with Crippen LogP contribution in [0.25, 0.3) is 0 Å². The molecule has 52 heavy (non-hydrogen) atoms. The van der Waals surface area contributed by atoms with E-state index in [-0.39, 0.29) is 60.7 Å². The highest BCUT2D eigenvalue weighted by Gasteiger charge is 2.42. The number of carbonyl (C=O) groups is 5. The molecule has 3 amide bonds. The number of piperidine rings is 1. The van der Waals surface area contributed by atoms with Crippen molar-refractivity contribution in [3.05, 3.63) is 39.9 Å². The molecule has 15 heteroatoms. The average molecular weight is 742 g/mol. The van der Waals surface area contributed by atoms with Crippen molar-refractivity contribution in [3.63, 3.8) is 0 Å². The van der Waals surface area contributed by atoms with Crippen molar-refractivity contribution < 1.29 is 33.8 Å². The number of hydrogen-bond acceptors (Lipinski definition) is 11. The Hall–Kier alpha value is -3.98. The number of amides is 3. The number of nitrogens with one attached hydrogen (secondary N) is 2. The molecule has 2 aliphatic rings. The molecule has 4 rings (SSSR count). The summed E-state index contributed by atoms with van der Waals surface area (Å²) in [4.78, 5) is 82.1. The third kappa shape index (κ3) is 11.3. The van der Waals surface area contributed by atoms with E-state index in [0.29, 0.717) is 10.8 Å². The summed E-state index contributed by atoms with van der Waals surface area (Å²) < 4.78 is 5.76. The molecule has 0 spiro atoms. The first-order chi connectivity index (χ1) is 24.7. The van der Waals surface area contributed by atoms with Crippen molar-refractivity contribution in [3.8, 4) is 0 Å². The Morgan fingerprint density at radius 3 is 2.35 bits per heavy atom. The van der Waals surface area contributed by atoms with Gasteiger partial charge in [-0.05, 0) is 69.5 Å². The van der Waals surface area contributed by atoms with Crippen molar-refractivity contribution in [2.24, 2.45) is 17.8 Å². The minimum atomic E-state index is -0.981. The van der Waals surface area contributed by atoms with Gasteiger partial charge < -0.3 is 25.4 Å². The third-order valence-electron chi connectivity index (χ3n) is 10.0. The number of aromatic nitrogens is 3. The van der Waals surface area contributed by atoms with Gasteiger partial charge in [-0.2, -0.15) is 0 Å². The summed E-state index contributed by atoms with van der Waals surface area (Å²) >= 11 is 1.17. The highest BCUT2D eigenvalue weighted by atomic mass is 32.1. The Morgan fingerprint density at radius 1 is 1.06 bits per heavy atom. The van der Waals surface area contributed by atoms with Crippen LogP contribution in [0.5, 0.6) is 0 Å². The van der Waals surface area contributed by atoms with E-state index in [1.165, 1.54) is 18.3 Å². The molecule has 0 unspecified atom stereocenters. The molecule has 1 saturated carbocycles. The SMILES string of the molecule is CCN1CCCC[C@@H]1C(=O)N[C@H](C(=O)N(C)[C@H](C[C@@H](OC(C)=O)c1nc(C(=O)N[C@@H](Cc2ncc(C)cn2)C[C@H](C)C(=O)O)cs1)C(C)C)C1CC1. The molecule has 2 aromatic heterocycles. The van der Waals surface area contributed by atoms with Gasteiger partial charge in [0.1, 0.15) is 22.6 Å². The van der Waals surface area contributed by atoms with E-state index in [1.807, 2.05) is 20.8 Å². The Bertz CT molecular complexity index is 1550. The molecule has 0 aromatic carbocycles. The minimum absolute atomic E-state index is 0.0415. The van der Waals surface area contributed by atoms with E-state index in [1.54, 1.807) is 36.6 Å². The lowest BCUT2D eigenvalue weighted by molar-refractivity contribution is -0.149. The fraction of sp³-hybridized carbons (Fsp3) is 0.676. The fourth-order valence-corrected chi connectivity index (χ4v) is 7.71. The number of carbonyl (C=O) groups excluding carboxylic acids is 4. The Kier molecular flexibility index (Phi) is 14.6. The van der Waals surface area contributed by atoms with Gasteiger partial charge in [0.05, 0.1) is 12.0 Å². The summed E-state index contributed by atoms with van der Waals surface area (Å²) in [6.07, 6.45) is 7.66. The fourth-order valence-electron chi connectivity index (χ4n) is 6.87. The molecular weight excluding hydrogens is 687 g/mol. The van der Waals surface area contributed by atoms with Gasteiger partial charge in [0, 0.05) is 56.7 Å². The number of esters is 1. The Balaban J connectivity index is 1.49. The van der Waals surface area contributed by atoms with Crippen LogP contribution in [0.15, 0.2) is 17.8 Å². The molecule has 3 heterocycles. The molecule has 1 saturated heterocycles. The monoisotopic (exact) mass is 741 g/mol. The highest BCUT2D eigenvalue weighted by molar-refractivity contribution is 7.09. The summed E-state index contributed by atoms with van der Waals surface area (Å²) in [6.45, 7) is 12.4. The summed E-state index contributed by atoms with van der Waals surface area (Å²) in [5.41, 5.74) is 0.976. The topological polar surface area (TPSA) is 184 Å². The Morgan fingerprint density at radius 2 is 1.75 bits per heavy atom. The lowest BCUT2D eigenvalue weighted by Gasteiger charge is -2.37. The predicted octanol–water partition coefficient (Wildman–Crippen LogP) is 3.94. The number of nitrogens with zero attached hydrogens (tertiary/aromatic N) is 5. The average Bonchev–Trinajstić information content (AvgIpc) is 3.83. The van der Waals surface area contributed by atoms with Gasteiger partial charge >= 0.3 is 11.9 Å². The zero-order chi connectivity index (χ0) is 38.1. The molecule has 1 aliphatic carbocycles. The first-order valence-corrected chi connectivity index (χ1v) is 19.3. The van der Waals surface area contributed by atoms with Crippen LogP contribution in [-0.4, -0.2) is 104 Å². The van der Waals surface area contributed by atoms with Crippen molar-refractivity contribution in [1.82, 2.24) is 35.4 Å². The number of hydrogen-bond donors (Lipinski definition) is 3. The number of likely N-dealkylation sites (tertiary alicyclic amines) is 1. The van der Waals surface area contributed by atoms with Crippen LogP contribution >= 0.6 is 11.3 Å². The lowest BCUT2D eigenvalue weighted by Crippen LogP contribution is -2.57. The number of thiazole rings is 1. The van der Waals surface area contributed by atoms with E-state index < -0.39 is 42.0 Å². The van der Waals surface area contributed by atoms with Crippen LogP contribution in [0.4, 0.5) is 0 Å². The van der Waals surface area contributed by atoms with Crippen LogP contribution in [0.3, 0.4) is 0 Å². The maximum atomic E-state index is 14.1. The van der Waals surface area contributed by atoms with E-state index in [2.05, 4.69) is 37.4 Å². The summed E-state index contributed by atoms with van der Waals surface area (Å²) in [7, 11) is 1.73. The van der Waals surface area contributed by atoms with Gasteiger partial charge in [-0.25, -0.2) is 15.0 Å². The van der Waals surface area contributed by atoms with Crippen LogP contribution in [0.2, 0.25) is 0 Å². The summed E-state index contributed by atoms with van der Waals surface area (Å²) in [5.74, 6) is -2.50. The second-order valence-electron chi connectivity index (χ2n) is 14.7. The maximum Gasteiger partial charge on any atom is 0.306 e. The third-order valence-corrected chi connectivity index (χ3v) is 11.0. The van der Waals surface area contributed by atoms with Crippen LogP contribution in [0, 0.1) is 24.7 Å². The molecule has 286 valence electrons. The number of aliphatic carboxylic acids is 1. The minimum Gasteiger partial charge on any atom is -0.481 e. The van der Waals surface area contributed by atoms with Gasteiger partial charge in [-0.3, -0.25) is 28.9 Å². The van der Waals surface area contributed by atoms with Crippen molar-refractivity contribution in [1.29, 1.82) is 0 Å². The normalized spacial score (nSPS) is 19.2. The standard InChI is InChI=1S/C37H55N7O7S/c1-8-44-14-10-9-11-28(44)34(47)42-32(25-12-13-25)36(48)43(7)29(21(2)3)17-30(51-24(6)45)35-41-27(20-52-35)33(46)40-26(15-23(5)37(49)50)16-31-38-18-22(4)19-39-31/h18-21,23,25-26,28-30,32H,8-17H2,1-7H3,(H,40,46)(H,42,47)(H,49,50)/t23-,26+,28+,29+,30+,32-/m0/s1. The molecule has 3 N–H and O–H groups in total. The van der Waals surface area contributed by atoms with E-state index in [0.717, 1.165) is 50.8 Å². The highest BCUT2D eigenvalue weighted by Crippen LogP contribution is 2.36. The second-order valence-corrected chi connectivity index (χ2v) is 15.5. The van der Waals surface area contributed by atoms with Crippen molar-refractivity contribution in [2.45, 2.75) is 123 Å². The molecular formula is C37H55N7O7S. The first-order valence-electron chi connectivity index (χ1n) is 18.4. The number of aryl methyl sites for hydroxylation is 1. The van der Waals surface area contributed by atoms with E-state index in [9.17, 15) is 29.1 Å². The van der Waals surface area contributed by atoms with Crippen LogP contribution < -0.4 is 10.6 Å². The van der Waals surface area contributed by atoms with E-state index >= 15 is 0 Å². The molecule has 1 aliphatic heterocycles. The molecule has 14 nitrogen and oxygen atoms in total. The van der Waals surface area contributed by atoms with Crippen molar-refractivity contribution in [2.75, 3.05) is 20.1 Å². The van der Waals surface area contributed by atoms with Crippen LogP contribution in [0.1, 0.15) is 113 Å². The van der Waals surface area contributed by atoms with Gasteiger partial charge in [0.2, 0.25) is 11.8 Å². The summed E-state index contributed by atoms with van der Waals surface area (Å²) in [6, 6.07) is -1.84. The molecule has 2 aromatic rings. The smallest absolute Gasteiger partial charge is 0.306 e. The van der Waals surface area contributed by atoms with Gasteiger partial charge in [-0.15, -0.1) is 11.3 Å². The van der Waals surface area contributed by atoms with Crippen molar-refractivity contribution >= 4 is 41.0 Å². The number of ether oxygens (including phenoxy) is 1. The molecule has 0 radical (unpaired) electrons. The maximum absolute atomic E-state index is 14.1. The number of rotatable bonds is 18. The van der Waals surface area contributed by atoms with Gasteiger partial charge in [-0.1, -0.05) is 34.1 Å². The number of carboxylic acid groups (broad SMARTS) is 1. The predicted molar refractivity (Wildman–Crippen MR) is 195 cm³/mol. The molecule has 6 atom stereocenters. The first kappa shape index (κ1) is 40.8. The largest absolute Gasteiger partial charge is 0.481 e. The Labute approximate surface area is 310 Å². The zero-order valence-corrected chi connectivity index (χ0v) is 32.3. The number of carboxylic acids is 1. The molecule has 2 fully saturated rings. The summed E-state index contributed by atoms with van der Waals surface area (Å²) in [5, 5.41) is 17.5. The van der Waals surface area contributed by atoms with E-state index in [4.69, 9.17) is 4.74 Å². The number of likely N-dealkylation sites (N-methyl/N-ethyl adjacent to an activating group) is 2. The molecule has 0 bridgehead atoms. The zero-order valence-electron chi connectivity index (χ0n) is 31.5. The van der Waals surface area contributed by atoms with Crippen LogP contribution in [-0.2, 0) is 30.3 Å². The lowest BCUT2D eigenvalue weighted by atomic mass is 9.95. The van der Waals surface area contributed by atoms with Gasteiger partial charge in [0.15, 0.2) is 6.10 Å². The second kappa shape index (κ2) is 18.7. The van der Waals surface area contributed by atoms with Gasteiger partial charge in [0.25, 0.3) is 5.91 Å².